The average molecular weight is 253 g/mol. The van der Waals surface area contributed by atoms with Crippen LogP contribution in [0.15, 0.2) is 42.5 Å². The SMILES string of the molecule is Cc1ccc(Oc2cccc(C(F)(F)F)n2)cc1. The molecular formula is C13H10F3NO. The molecule has 5 heteroatoms. The Morgan fingerprint density at radius 3 is 2.28 bits per heavy atom. The minimum Gasteiger partial charge on any atom is -0.439 e. The Hall–Kier alpha value is -2.04. The van der Waals surface area contributed by atoms with E-state index in [1.54, 1.807) is 12.1 Å². The lowest BCUT2D eigenvalue weighted by molar-refractivity contribution is -0.141. The first-order valence-electron chi connectivity index (χ1n) is 5.24. The minimum absolute atomic E-state index is 0.0753. The van der Waals surface area contributed by atoms with Crippen LogP contribution in [0.2, 0.25) is 0 Å². The number of nitrogens with zero attached hydrogens (tertiary/aromatic N) is 1. The van der Waals surface area contributed by atoms with Crippen molar-refractivity contribution in [1.82, 2.24) is 4.98 Å². The van der Waals surface area contributed by atoms with E-state index < -0.39 is 11.9 Å². The molecule has 94 valence electrons. The molecule has 2 nitrogen and oxygen atoms in total. The summed E-state index contributed by atoms with van der Waals surface area (Å²) in [4.78, 5) is 3.41. The number of halogens is 3. The maximum atomic E-state index is 12.4. The van der Waals surface area contributed by atoms with Crippen LogP contribution in [-0.2, 0) is 6.18 Å². The molecule has 2 aromatic rings. The van der Waals surface area contributed by atoms with Crippen LogP contribution < -0.4 is 4.74 Å². The Balaban J connectivity index is 2.22. The van der Waals surface area contributed by atoms with Crippen molar-refractivity contribution >= 4 is 0 Å². The minimum atomic E-state index is -4.47. The molecule has 0 saturated carbocycles. The Labute approximate surface area is 102 Å². The van der Waals surface area contributed by atoms with Gasteiger partial charge in [0.25, 0.3) is 0 Å². The second-order valence-corrected chi connectivity index (χ2v) is 3.77. The van der Waals surface area contributed by atoms with E-state index in [2.05, 4.69) is 4.98 Å². The van der Waals surface area contributed by atoms with Gasteiger partial charge >= 0.3 is 6.18 Å². The molecule has 0 amide bonds. The highest BCUT2D eigenvalue weighted by molar-refractivity contribution is 5.30. The molecule has 1 aromatic heterocycles. The summed E-state index contributed by atoms with van der Waals surface area (Å²) in [6, 6.07) is 10.5. The average Bonchev–Trinajstić information content (AvgIpc) is 2.31. The van der Waals surface area contributed by atoms with Gasteiger partial charge in [-0.1, -0.05) is 23.8 Å². The van der Waals surface area contributed by atoms with Crippen LogP contribution in [0.25, 0.3) is 0 Å². The highest BCUT2D eigenvalue weighted by Crippen LogP contribution is 2.29. The van der Waals surface area contributed by atoms with Gasteiger partial charge in [-0.15, -0.1) is 0 Å². The lowest BCUT2D eigenvalue weighted by atomic mass is 10.2. The Morgan fingerprint density at radius 2 is 1.67 bits per heavy atom. The molecule has 0 radical (unpaired) electrons. The van der Waals surface area contributed by atoms with Crippen LogP contribution >= 0.6 is 0 Å². The van der Waals surface area contributed by atoms with E-state index in [9.17, 15) is 13.2 Å². The molecule has 0 spiro atoms. The van der Waals surface area contributed by atoms with E-state index in [0.29, 0.717) is 5.75 Å². The van der Waals surface area contributed by atoms with Crippen LogP contribution in [0.5, 0.6) is 11.6 Å². The van der Waals surface area contributed by atoms with E-state index in [0.717, 1.165) is 11.6 Å². The van der Waals surface area contributed by atoms with Crippen molar-refractivity contribution in [1.29, 1.82) is 0 Å². The lowest BCUT2D eigenvalue weighted by Crippen LogP contribution is -2.07. The smallest absolute Gasteiger partial charge is 0.433 e. The number of pyridine rings is 1. The van der Waals surface area contributed by atoms with E-state index >= 15 is 0 Å². The molecule has 1 heterocycles. The van der Waals surface area contributed by atoms with Crippen molar-refractivity contribution in [2.45, 2.75) is 13.1 Å². The van der Waals surface area contributed by atoms with E-state index in [1.165, 1.54) is 12.1 Å². The van der Waals surface area contributed by atoms with Crippen LogP contribution in [0.1, 0.15) is 11.3 Å². The van der Waals surface area contributed by atoms with Gasteiger partial charge in [0.2, 0.25) is 5.88 Å². The lowest BCUT2D eigenvalue weighted by Gasteiger charge is -2.08. The van der Waals surface area contributed by atoms with Gasteiger partial charge in [-0.25, -0.2) is 4.98 Å². The first-order valence-corrected chi connectivity index (χ1v) is 5.24. The third-order valence-corrected chi connectivity index (χ3v) is 2.26. The molecule has 0 fully saturated rings. The maximum absolute atomic E-state index is 12.4. The predicted octanol–water partition coefficient (Wildman–Crippen LogP) is 4.20. The first-order chi connectivity index (χ1) is 8.45. The van der Waals surface area contributed by atoms with Gasteiger partial charge in [-0.2, -0.15) is 13.2 Å². The summed E-state index contributed by atoms with van der Waals surface area (Å²) >= 11 is 0. The van der Waals surface area contributed by atoms with E-state index in [1.807, 2.05) is 19.1 Å². The predicted molar refractivity (Wildman–Crippen MR) is 60.5 cm³/mol. The fraction of sp³-hybridized carbons (Fsp3) is 0.154. The van der Waals surface area contributed by atoms with E-state index in [-0.39, 0.29) is 5.88 Å². The Morgan fingerprint density at radius 1 is 1.00 bits per heavy atom. The summed E-state index contributed by atoms with van der Waals surface area (Å²) < 4.78 is 42.6. The summed E-state index contributed by atoms with van der Waals surface area (Å²) in [6.07, 6.45) is -4.47. The number of alkyl halides is 3. The molecule has 0 unspecified atom stereocenters. The van der Waals surface area contributed by atoms with Crippen molar-refractivity contribution in [3.8, 4) is 11.6 Å². The molecule has 18 heavy (non-hydrogen) atoms. The quantitative estimate of drug-likeness (QED) is 0.800. The monoisotopic (exact) mass is 253 g/mol. The van der Waals surface area contributed by atoms with Crippen LogP contribution in [0.3, 0.4) is 0 Å². The molecular weight excluding hydrogens is 243 g/mol. The first kappa shape index (κ1) is 12.4. The largest absolute Gasteiger partial charge is 0.439 e. The molecule has 0 N–H and O–H groups in total. The normalized spacial score (nSPS) is 11.3. The van der Waals surface area contributed by atoms with Crippen LogP contribution in [-0.4, -0.2) is 4.98 Å². The number of aromatic nitrogens is 1. The Kier molecular flexibility index (Phi) is 3.23. The summed E-state index contributed by atoms with van der Waals surface area (Å²) in [5, 5.41) is 0. The van der Waals surface area contributed by atoms with Gasteiger partial charge in [0.05, 0.1) is 0 Å². The molecule has 0 aliphatic carbocycles. The van der Waals surface area contributed by atoms with Gasteiger partial charge in [-0.3, -0.25) is 0 Å². The number of benzene rings is 1. The van der Waals surface area contributed by atoms with Gasteiger partial charge in [0.1, 0.15) is 11.4 Å². The van der Waals surface area contributed by atoms with Gasteiger partial charge in [0.15, 0.2) is 0 Å². The van der Waals surface area contributed by atoms with Crippen molar-refractivity contribution in [3.63, 3.8) is 0 Å². The maximum Gasteiger partial charge on any atom is 0.433 e. The molecule has 0 bridgehead atoms. The van der Waals surface area contributed by atoms with Gasteiger partial charge in [0, 0.05) is 6.07 Å². The van der Waals surface area contributed by atoms with Crippen molar-refractivity contribution in [2.24, 2.45) is 0 Å². The van der Waals surface area contributed by atoms with Gasteiger partial charge < -0.3 is 4.74 Å². The number of hydrogen-bond acceptors (Lipinski definition) is 2. The van der Waals surface area contributed by atoms with Gasteiger partial charge in [-0.05, 0) is 25.1 Å². The highest BCUT2D eigenvalue weighted by Gasteiger charge is 2.32. The summed E-state index contributed by atoms with van der Waals surface area (Å²) in [5.41, 5.74) is 0.0754. The zero-order valence-corrected chi connectivity index (χ0v) is 9.53. The molecule has 0 atom stereocenters. The molecule has 0 saturated heterocycles. The zero-order valence-electron chi connectivity index (χ0n) is 9.53. The second kappa shape index (κ2) is 4.68. The number of aryl methyl sites for hydroxylation is 1. The standard InChI is InChI=1S/C13H10F3NO/c1-9-5-7-10(8-6-9)18-12-4-2-3-11(17-12)13(14,15)16/h2-8H,1H3. The van der Waals surface area contributed by atoms with Crippen molar-refractivity contribution in [3.05, 3.63) is 53.7 Å². The third kappa shape index (κ3) is 3.00. The fourth-order valence-electron chi connectivity index (χ4n) is 1.36. The molecule has 2 rings (SSSR count). The van der Waals surface area contributed by atoms with Crippen molar-refractivity contribution in [2.75, 3.05) is 0 Å². The number of ether oxygens (including phenoxy) is 1. The third-order valence-electron chi connectivity index (χ3n) is 2.26. The number of hydrogen-bond donors (Lipinski definition) is 0. The summed E-state index contributed by atoms with van der Waals surface area (Å²) in [5.74, 6) is 0.376. The number of rotatable bonds is 2. The van der Waals surface area contributed by atoms with E-state index in [4.69, 9.17) is 4.74 Å². The van der Waals surface area contributed by atoms with Crippen LogP contribution in [0, 0.1) is 6.92 Å². The molecule has 0 aliphatic rings. The fourth-order valence-corrected chi connectivity index (χ4v) is 1.36. The molecule has 1 aromatic carbocycles. The second-order valence-electron chi connectivity index (χ2n) is 3.77. The summed E-state index contributed by atoms with van der Waals surface area (Å²) in [7, 11) is 0. The molecule has 0 aliphatic heterocycles. The summed E-state index contributed by atoms with van der Waals surface area (Å²) in [6.45, 7) is 1.91. The highest BCUT2D eigenvalue weighted by atomic mass is 19.4. The zero-order chi connectivity index (χ0) is 13.2. The topological polar surface area (TPSA) is 22.1 Å². The Bertz CT molecular complexity index is 535. The van der Waals surface area contributed by atoms with Crippen LogP contribution in [0.4, 0.5) is 13.2 Å². The van der Waals surface area contributed by atoms with Crippen molar-refractivity contribution < 1.29 is 17.9 Å².